The van der Waals surface area contributed by atoms with Crippen LogP contribution < -0.4 is 11.2 Å². The van der Waals surface area contributed by atoms with Crippen molar-refractivity contribution in [3.05, 3.63) is 64.2 Å². The van der Waals surface area contributed by atoms with Crippen LogP contribution in [0.4, 0.5) is 10.5 Å². The first-order valence-electron chi connectivity index (χ1n) is 8.95. The molecule has 2 aromatic rings. The van der Waals surface area contributed by atoms with Crippen molar-refractivity contribution in [1.29, 1.82) is 0 Å². The molecule has 2 aromatic carbocycles. The van der Waals surface area contributed by atoms with Crippen molar-refractivity contribution < 1.29 is 9.59 Å². The monoisotopic (exact) mass is 351 g/mol. The number of hydrazine groups is 1. The number of anilines is 1. The van der Waals surface area contributed by atoms with Crippen LogP contribution in [0.1, 0.15) is 51.4 Å². The average Bonchev–Trinajstić information content (AvgIpc) is 3.46. The van der Waals surface area contributed by atoms with Crippen LogP contribution in [0.15, 0.2) is 36.4 Å². The van der Waals surface area contributed by atoms with Gasteiger partial charge in [0.1, 0.15) is 6.29 Å². The quantitative estimate of drug-likeness (QED) is 0.360. The summed E-state index contributed by atoms with van der Waals surface area (Å²) in [5.41, 5.74) is 6.38. The Balaban J connectivity index is 1.82. The van der Waals surface area contributed by atoms with Crippen molar-refractivity contribution in [2.24, 2.45) is 5.84 Å². The molecule has 0 radical (unpaired) electrons. The number of nitrogens with two attached hydrogens (primary N) is 1. The minimum absolute atomic E-state index is 0.342. The third-order valence-corrected chi connectivity index (χ3v) is 4.94. The number of nitrogens with one attached hydrogen (secondary N) is 1. The molecule has 1 saturated carbocycles. The Morgan fingerprint density at radius 1 is 1.27 bits per heavy atom. The summed E-state index contributed by atoms with van der Waals surface area (Å²) in [5, 5.41) is 3.91. The van der Waals surface area contributed by atoms with Crippen LogP contribution in [0.25, 0.3) is 0 Å². The zero-order chi connectivity index (χ0) is 18.7. The Morgan fingerprint density at radius 3 is 2.69 bits per heavy atom. The molecule has 136 valence electrons. The minimum atomic E-state index is -0.342. The van der Waals surface area contributed by atoms with E-state index >= 15 is 0 Å². The van der Waals surface area contributed by atoms with Crippen LogP contribution in [-0.2, 0) is 12.8 Å². The molecule has 0 aliphatic heterocycles. The lowest BCUT2D eigenvalue weighted by Crippen LogP contribution is -2.37. The summed E-state index contributed by atoms with van der Waals surface area (Å²) < 4.78 is 0. The van der Waals surface area contributed by atoms with Gasteiger partial charge in [-0.15, -0.1) is 0 Å². The number of hydrogen-bond donors (Lipinski definition) is 2. The van der Waals surface area contributed by atoms with Gasteiger partial charge in [0.15, 0.2) is 0 Å². The van der Waals surface area contributed by atoms with E-state index in [1.54, 1.807) is 0 Å². The first-order valence-corrected chi connectivity index (χ1v) is 8.95. The van der Waals surface area contributed by atoms with Gasteiger partial charge in [0.05, 0.1) is 0 Å². The summed E-state index contributed by atoms with van der Waals surface area (Å²) in [6.45, 7) is 2.05. The number of carbonyl (C=O) groups excluding carboxylic acids is 2. The van der Waals surface area contributed by atoms with Gasteiger partial charge < -0.3 is 5.32 Å². The van der Waals surface area contributed by atoms with Crippen molar-refractivity contribution in [2.75, 3.05) is 12.4 Å². The number of aldehydes is 1. The standard InChI is InChI=1S/C21H25N3O2/c1-14-4-3-5-20(23-21(26)24(2)22)18(14)11-10-16-7-6-15(13-25)12-19(16)17-8-9-17/h3-7,12-13,17H,8-11,22H2,1-2H3,(H,23,26). The van der Waals surface area contributed by atoms with Gasteiger partial charge in [-0.25, -0.2) is 10.6 Å². The van der Waals surface area contributed by atoms with Crippen LogP contribution in [0, 0.1) is 6.92 Å². The molecular weight excluding hydrogens is 326 g/mol. The van der Waals surface area contributed by atoms with E-state index in [0.29, 0.717) is 5.92 Å². The summed E-state index contributed by atoms with van der Waals surface area (Å²) in [6.07, 6.45) is 5.00. The van der Waals surface area contributed by atoms with Crippen LogP contribution in [0.3, 0.4) is 0 Å². The molecule has 2 amide bonds. The first kappa shape index (κ1) is 18.1. The molecular formula is C21H25N3O2. The van der Waals surface area contributed by atoms with E-state index in [9.17, 15) is 9.59 Å². The average molecular weight is 351 g/mol. The van der Waals surface area contributed by atoms with Gasteiger partial charge >= 0.3 is 6.03 Å². The number of benzene rings is 2. The molecule has 5 heteroatoms. The zero-order valence-corrected chi connectivity index (χ0v) is 15.3. The van der Waals surface area contributed by atoms with Crippen molar-refractivity contribution in [3.8, 4) is 0 Å². The van der Waals surface area contributed by atoms with Gasteiger partial charge in [0.2, 0.25) is 0 Å². The third-order valence-electron chi connectivity index (χ3n) is 4.94. The molecule has 0 heterocycles. The number of amides is 2. The molecule has 0 aromatic heterocycles. The van der Waals surface area contributed by atoms with Crippen molar-refractivity contribution in [1.82, 2.24) is 5.01 Å². The van der Waals surface area contributed by atoms with Gasteiger partial charge in [-0.05, 0) is 72.9 Å². The lowest BCUT2D eigenvalue weighted by Gasteiger charge is -2.17. The Labute approximate surface area is 154 Å². The molecule has 0 spiro atoms. The van der Waals surface area contributed by atoms with Crippen LogP contribution in [-0.4, -0.2) is 24.4 Å². The van der Waals surface area contributed by atoms with E-state index in [1.807, 2.05) is 24.3 Å². The summed E-state index contributed by atoms with van der Waals surface area (Å²) in [5.74, 6) is 6.11. The second-order valence-electron chi connectivity index (χ2n) is 6.99. The summed E-state index contributed by atoms with van der Waals surface area (Å²) in [6, 6.07) is 11.5. The van der Waals surface area contributed by atoms with Crippen molar-refractivity contribution >= 4 is 18.0 Å². The number of nitrogens with zero attached hydrogens (tertiary/aromatic N) is 1. The van der Waals surface area contributed by atoms with E-state index in [1.165, 1.54) is 31.0 Å². The Kier molecular flexibility index (Phi) is 5.38. The first-order chi connectivity index (χ1) is 12.5. The van der Waals surface area contributed by atoms with E-state index in [4.69, 9.17) is 5.84 Å². The van der Waals surface area contributed by atoms with Crippen LogP contribution in [0.5, 0.6) is 0 Å². The lowest BCUT2D eigenvalue weighted by atomic mass is 9.93. The summed E-state index contributed by atoms with van der Waals surface area (Å²) >= 11 is 0. The molecule has 0 atom stereocenters. The molecule has 26 heavy (non-hydrogen) atoms. The third kappa shape index (κ3) is 4.11. The van der Waals surface area contributed by atoms with Gasteiger partial charge in [0, 0.05) is 18.3 Å². The number of carbonyl (C=O) groups is 2. The molecule has 1 aliphatic rings. The fraction of sp³-hybridized carbons (Fsp3) is 0.333. The SMILES string of the molecule is Cc1cccc(NC(=O)N(C)N)c1CCc1ccc(C=O)cc1C1CC1. The summed E-state index contributed by atoms with van der Waals surface area (Å²) in [4.78, 5) is 23.0. The second kappa shape index (κ2) is 7.70. The number of hydrogen-bond acceptors (Lipinski definition) is 3. The van der Waals surface area contributed by atoms with Crippen LogP contribution in [0.2, 0.25) is 0 Å². The molecule has 0 unspecified atom stereocenters. The molecule has 3 rings (SSSR count). The van der Waals surface area contributed by atoms with Gasteiger partial charge in [0.25, 0.3) is 0 Å². The zero-order valence-electron chi connectivity index (χ0n) is 15.3. The number of urea groups is 1. The predicted molar refractivity (Wildman–Crippen MR) is 103 cm³/mol. The predicted octanol–water partition coefficient (Wildman–Crippen LogP) is 3.81. The molecule has 1 aliphatic carbocycles. The number of aryl methyl sites for hydroxylation is 2. The normalized spacial score (nSPS) is 13.3. The molecule has 0 saturated heterocycles. The maximum atomic E-state index is 11.9. The maximum Gasteiger partial charge on any atom is 0.335 e. The van der Waals surface area contributed by atoms with E-state index in [2.05, 4.69) is 24.4 Å². The Hall–Kier alpha value is -2.66. The highest BCUT2D eigenvalue weighted by molar-refractivity contribution is 5.89. The Morgan fingerprint density at radius 2 is 2.04 bits per heavy atom. The summed E-state index contributed by atoms with van der Waals surface area (Å²) in [7, 11) is 1.52. The number of rotatable bonds is 6. The highest BCUT2D eigenvalue weighted by Crippen LogP contribution is 2.42. The van der Waals surface area contributed by atoms with E-state index < -0.39 is 0 Å². The van der Waals surface area contributed by atoms with Gasteiger partial charge in [-0.2, -0.15) is 0 Å². The molecule has 0 bridgehead atoms. The molecule has 3 N–H and O–H groups in total. The largest absolute Gasteiger partial charge is 0.335 e. The molecule has 5 nitrogen and oxygen atoms in total. The second-order valence-corrected chi connectivity index (χ2v) is 6.99. The Bertz CT molecular complexity index is 826. The minimum Gasteiger partial charge on any atom is -0.306 e. The molecule has 1 fully saturated rings. The fourth-order valence-electron chi connectivity index (χ4n) is 3.30. The van der Waals surface area contributed by atoms with Gasteiger partial charge in [-0.1, -0.05) is 24.3 Å². The maximum absolute atomic E-state index is 11.9. The van der Waals surface area contributed by atoms with Crippen molar-refractivity contribution in [2.45, 2.75) is 38.5 Å². The van der Waals surface area contributed by atoms with Crippen molar-refractivity contribution in [3.63, 3.8) is 0 Å². The topological polar surface area (TPSA) is 75.4 Å². The van der Waals surface area contributed by atoms with E-state index in [-0.39, 0.29) is 6.03 Å². The fourth-order valence-corrected chi connectivity index (χ4v) is 3.30. The highest BCUT2D eigenvalue weighted by atomic mass is 16.2. The highest BCUT2D eigenvalue weighted by Gasteiger charge is 2.26. The smallest absolute Gasteiger partial charge is 0.306 e. The van der Waals surface area contributed by atoms with Gasteiger partial charge in [-0.3, -0.25) is 9.80 Å². The van der Waals surface area contributed by atoms with Crippen LogP contribution >= 0.6 is 0 Å². The lowest BCUT2D eigenvalue weighted by molar-refractivity contribution is 0.112. The van der Waals surface area contributed by atoms with E-state index in [0.717, 1.165) is 46.5 Å².